The van der Waals surface area contributed by atoms with Crippen LogP contribution < -0.4 is 5.32 Å². The third-order valence-electron chi connectivity index (χ3n) is 2.44. The molecule has 1 aromatic carbocycles. The monoisotopic (exact) mass is 218 g/mol. The van der Waals surface area contributed by atoms with Gasteiger partial charge in [-0.25, -0.2) is 0 Å². The molecule has 1 rings (SSSR count). The summed E-state index contributed by atoms with van der Waals surface area (Å²) in [4.78, 5) is 0. The quantitative estimate of drug-likeness (QED) is 0.793. The first-order valence-corrected chi connectivity index (χ1v) is 5.44. The number of methoxy groups -OCH3 is 1. The van der Waals surface area contributed by atoms with Gasteiger partial charge in [0.05, 0.1) is 18.6 Å². The van der Waals surface area contributed by atoms with Crippen molar-refractivity contribution in [1.82, 2.24) is 5.32 Å². The maximum Gasteiger partial charge on any atom is 0.0837 e. The number of nitrogens with one attached hydrogen (secondary N) is 1. The Morgan fingerprint density at radius 1 is 1.38 bits per heavy atom. The van der Waals surface area contributed by atoms with Crippen LogP contribution in [0.1, 0.15) is 18.4 Å². The van der Waals surface area contributed by atoms with E-state index in [1.54, 1.807) is 7.11 Å². The molecule has 0 bridgehead atoms. The molecule has 3 nitrogen and oxygen atoms in total. The van der Waals surface area contributed by atoms with Crippen LogP contribution in [0.5, 0.6) is 0 Å². The van der Waals surface area contributed by atoms with Crippen LogP contribution in [0.15, 0.2) is 30.3 Å². The second-order valence-corrected chi connectivity index (χ2v) is 3.86. The predicted molar refractivity (Wildman–Crippen MR) is 64.1 cm³/mol. The molecule has 0 saturated carbocycles. The zero-order chi connectivity index (χ0) is 11.8. The van der Waals surface area contributed by atoms with Crippen LogP contribution >= 0.6 is 0 Å². The van der Waals surface area contributed by atoms with E-state index in [0.717, 1.165) is 5.56 Å². The molecule has 2 unspecified atom stereocenters. The Morgan fingerprint density at radius 3 is 2.62 bits per heavy atom. The van der Waals surface area contributed by atoms with Crippen molar-refractivity contribution in [2.24, 2.45) is 0 Å². The minimum atomic E-state index is -0.0968. The predicted octanol–water partition coefficient (Wildman–Crippen LogP) is 1.92. The third kappa shape index (κ3) is 4.01. The Bertz CT molecular complexity index is 332. The molecule has 2 atom stereocenters. The summed E-state index contributed by atoms with van der Waals surface area (Å²) < 4.78 is 5.03. The summed E-state index contributed by atoms with van der Waals surface area (Å²) in [5.41, 5.74) is 1.06. The maximum absolute atomic E-state index is 9.10. The highest BCUT2D eigenvalue weighted by Gasteiger charge is 2.11. The lowest BCUT2D eigenvalue weighted by Gasteiger charge is -2.15. The van der Waals surface area contributed by atoms with E-state index in [9.17, 15) is 0 Å². The number of rotatable bonds is 6. The first-order chi connectivity index (χ1) is 7.77. The minimum absolute atomic E-state index is 0.0968. The maximum atomic E-state index is 9.10. The van der Waals surface area contributed by atoms with Crippen molar-refractivity contribution in [3.8, 4) is 6.07 Å². The number of benzene rings is 1. The molecule has 1 aromatic rings. The van der Waals surface area contributed by atoms with Crippen LogP contribution in [0, 0.1) is 11.3 Å². The van der Waals surface area contributed by atoms with Gasteiger partial charge in [-0.1, -0.05) is 30.3 Å². The Kier molecular flexibility index (Phi) is 5.55. The highest BCUT2D eigenvalue weighted by atomic mass is 16.5. The van der Waals surface area contributed by atoms with E-state index in [1.807, 2.05) is 37.3 Å². The topological polar surface area (TPSA) is 45.0 Å². The SMILES string of the molecule is COCC(C)NCC(C#N)c1ccccc1. The van der Waals surface area contributed by atoms with Crippen LogP contribution in [0.4, 0.5) is 0 Å². The molecule has 0 heterocycles. The van der Waals surface area contributed by atoms with Gasteiger partial charge in [-0.3, -0.25) is 0 Å². The second-order valence-electron chi connectivity index (χ2n) is 3.86. The van der Waals surface area contributed by atoms with Crippen molar-refractivity contribution in [2.75, 3.05) is 20.3 Å². The lowest BCUT2D eigenvalue weighted by Crippen LogP contribution is -2.33. The van der Waals surface area contributed by atoms with Gasteiger partial charge in [-0.05, 0) is 12.5 Å². The minimum Gasteiger partial charge on any atom is -0.383 e. The normalized spacial score (nSPS) is 14.1. The van der Waals surface area contributed by atoms with Crippen molar-refractivity contribution >= 4 is 0 Å². The van der Waals surface area contributed by atoms with Gasteiger partial charge in [0.1, 0.15) is 0 Å². The molecule has 0 aromatic heterocycles. The molecule has 1 N–H and O–H groups in total. The van der Waals surface area contributed by atoms with Crippen molar-refractivity contribution in [3.05, 3.63) is 35.9 Å². The number of hydrogen-bond acceptors (Lipinski definition) is 3. The summed E-state index contributed by atoms with van der Waals surface area (Å²) in [5, 5.41) is 12.4. The fraction of sp³-hybridized carbons (Fsp3) is 0.462. The average Bonchev–Trinajstić information content (AvgIpc) is 2.31. The lowest BCUT2D eigenvalue weighted by atomic mass is 10.0. The number of hydrogen-bond donors (Lipinski definition) is 1. The summed E-state index contributed by atoms with van der Waals surface area (Å²) in [6, 6.07) is 12.4. The van der Waals surface area contributed by atoms with Crippen LogP contribution in [-0.2, 0) is 4.74 Å². The van der Waals surface area contributed by atoms with E-state index in [4.69, 9.17) is 10.00 Å². The zero-order valence-corrected chi connectivity index (χ0v) is 9.81. The molecule has 0 fully saturated rings. The van der Waals surface area contributed by atoms with Gasteiger partial charge >= 0.3 is 0 Å². The molecule has 0 aliphatic rings. The fourth-order valence-corrected chi connectivity index (χ4v) is 1.55. The van der Waals surface area contributed by atoms with E-state index in [-0.39, 0.29) is 12.0 Å². The number of nitriles is 1. The molecule has 16 heavy (non-hydrogen) atoms. The van der Waals surface area contributed by atoms with Crippen molar-refractivity contribution in [3.63, 3.8) is 0 Å². The third-order valence-corrected chi connectivity index (χ3v) is 2.44. The first kappa shape index (κ1) is 12.7. The first-order valence-electron chi connectivity index (χ1n) is 5.44. The van der Waals surface area contributed by atoms with Crippen LogP contribution in [0.2, 0.25) is 0 Å². The molecule has 3 heteroatoms. The van der Waals surface area contributed by atoms with Crippen LogP contribution in [-0.4, -0.2) is 26.3 Å². The molecular weight excluding hydrogens is 200 g/mol. The van der Waals surface area contributed by atoms with Crippen molar-refractivity contribution < 1.29 is 4.74 Å². The molecule has 0 saturated heterocycles. The summed E-state index contributed by atoms with van der Waals surface area (Å²) in [6.45, 7) is 3.36. The summed E-state index contributed by atoms with van der Waals surface area (Å²) in [6.07, 6.45) is 0. The molecule has 0 aliphatic carbocycles. The van der Waals surface area contributed by atoms with Crippen molar-refractivity contribution in [2.45, 2.75) is 18.9 Å². The van der Waals surface area contributed by atoms with Gasteiger partial charge in [0, 0.05) is 19.7 Å². The fourth-order valence-electron chi connectivity index (χ4n) is 1.55. The molecule has 0 amide bonds. The molecule has 86 valence electrons. The summed E-state index contributed by atoms with van der Waals surface area (Å²) >= 11 is 0. The van der Waals surface area contributed by atoms with E-state index >= 15 is 0 Å². The summed E-state index contributed by atoms with van der Waals surface area (Å²) in [5.74, 6) is -0.0968. The van der Waals surface area contributed by atoms with Crippen molar-refractivity contribution in [1.29, 1.82) is 5.26 Å². The van der Waals surface area contributed by atoms with Gasteiger partial charge in [-0.15, -0.1) is 0 Å². The smallest absolute Gasteiger partial charge is 0.0837 e. The largest absolute Gasteiger partial charge is 0.383 e. The van der Waals surface area contributed by atoms with Crippen LogP contribution in [0.3, 0.4) is 0 Å². The van der Waals surface area contributed by atoms with Gasteiger partial charge in [0.2, 0.25) is 0 Å². The standard InChI is InChI=1S/C13H18N2O/c1-11(10-16-2)15-9-13(8-14)12-6-4-3-5-7-12/h3-7,11,13,15H,9-10H2,1-2H3. The van der Waals surface area contributed by atoms with Gasteiger partial charge in [0.25, 0.3) is 0 Å². The van der Waals surface area contributed by atoms with E-state index in [0.29, 0.717) is 13.2 Å². The Labute approximate surface area is 97.0 Å². The number of ether oxygens (including phenoxy) is 1. The highest BCUT2D eigenvalue weighted by molar-refractivity contribution is 5.25. The number of nitrogens with zero attached hydrogens (tertiary/aromatic N) is 1. The Balaban J connectivity index is 2.48. The van der Waals surface area contributed by atoms with Gasteiger partial charge < -0.3 is 10.1 Å². The molecule has 0 aliphatic heterocycles. The van der Waals surface area contributed by atoms with E-state index in [2.05, 4.69) is 11.4 Å². The van der Waals surface area contributed by atoms with E-state index < -0.39 is 0 Å². The van der Waals surface area contributed by atoms with Gasteiger partial charge in [-0.2, -0.15) is 5.26 Å². The molecule has 0 radical (unpaired) electrons. The second kappa shape index (κ2) is 7.00. The van der Waals surface area contributed by atoms with E-state index in [1.165, 1.54) is 0 Å². The van der Waals surface area contributed by atoms with Gasteiger partial charge in [0.15, 0.2) is 0 Å². The molecular formula is C13H18N2O. The Hall–Kier alpha value is -1.37. The van der Waals surface area contributed by atoms with Crippen LogP contribution in [0.25, 0.3) is 0 Å². The average molecular weight is 218 g/mol. The highest BCUT2D eigenvalue weighted by Crippen LogP contribution is 2.13. The lowest BCUT2D eigenvalue weighted by molar-refractivity contribution is 0.172. The summed E-state index contributed by atoms with van der Waals surface area (Å²) in [7, 11) is 1.68. The zero-order valence-electron chi connectivity index (χ0n) is 9.81. The molecule has 0 spiro atoms. The Morgan fingerprint density at radius 2 is 2.06 bits per heavy atom.